The van der Waals surface area contributed by atoms with E-state index in [2.05, 4.69) is 54.3 Å². The zero-order valence-corrected chi connectivity index (χ0v) is 19.3. The number of nitrogens with zero attached hydrogens (tertiary/aromatic N) is 4. The fourth-order valence-corrected chi connectivity index (χ4v) is 4.13. The molecule has 0 saturated heterocycles. The van der Waals surface area contributed by atoms with E-state index in [4.69, 9.17) is 0 Å². The van der Waals surface area contributed by atoms with Crippen molar-refractivity contribution in [3.8, 4) is 0 Å². The molecule has 0 radical (unpaired) electrons. The Kier molecular flexibility index (Phi) is 7.23. The lowest BCUT2D eigenvalue weighted by Crippen LogP contribution is -3.11. The number of rotatable bonds is 9. The number of pyridine rings is 1. The van der Waals surface area contributed by atoms with Gasteiger partial charge in [-0.1, -0.05) is 25.0 Å². The molecule has 0 aliphatic rings. The summed E-state index contributed by atoms with van der Waals surface area (Å²) in [5, 5.41) is 23.1. The van der Waals surface area contributed by atoms with E-state index in [1.165, 1.54) is 4.90 Å². The fourth-order valence-electron chi connectivity index (χ4n) is 4.13. The van der Waals surface area contributed by atoms with Gasteiger partial charge in [-0.15, -0.1) is 5.10 Å². The minimum absolute atomic E-state index is 0.0263. The molecule has 0 aliphatic carbocycles. The van der Waals surface area contributed by atoms with Crippen LogP contribution in [0.15, 0.2) is 29.1 Å². The molecule has 1 unspecified atom stereocenters. The Bertz CT molecular complexity index is 1070. The molecular formula is C23H35N6O2+. The number of benzene rings is 1. The SMILES string of the molecule is CCC[C@@H](c1nnnn1C(C)(C)C)[NH+](CCCO)Cc1cc2cc(C)ccc2[nH]c1=O. The van der Waals surface area contributed by atoms with E-state index < -0.39 is 0 Å². The van der Waals surface area contributed by atoms with Gasteiger partial charge in [0.1, 0.15) is 12.6 Å². The molecule has 0 bridgehead atoms. The van der Waals surface area contributed by atoms with Gasteiger partial charge in [-0.3, -0.25) is 4.79 Å². The van der Waals surface area contributed by atoms with Crippen LogP contribution in [0.2, 0.25) is 0 Å². The second kappa shape index (κ2) is 9.70. The van der Waals surface area contributed by atoms with Crippen molar-refractivity contribution in [2.24, 2.45) is 0 Å². The Morgan fingerprint density at radius 2 is 2.03 bits per heavy atom. The van der Waals surface area contributed by atoms with E-state index in [9.17, 15) is 9.90 Å². The summed E-state index contributed by atoms with van der Waals surface area (Å²) in [5.41, 5.74) is 2.43. The van der Waals surface area contributed by atoms with Crippen LogP contribution in [0, 0.1) is 6.92 Å². The number of hydrogen-bond acceptors (Lipinski definition) is 5. The number of H-pyrrole nitrogens is 1. The largest absolute Gasteiger partial charge is 0.396 e. The molecule has 0 fully saturated rings. The van der Waals surface area contributed by atoms with Crippen molar-refractivity contribution in [1.29, 1.82) is 0 Å². The molecule has 0 saturated carbocycles. The highest BCUT2D eigenvalue weighted by atomic mass is 16.3. The summed E-state index contributed by atoms with van der Waals surface area (Å²) in [6.45, 7) is 11.8. The van der Waals surface area contributed by atoms with Crippen LogP contribution in [0.25, 0.3) is 10.9 Å². The first kappa shape index (κ1) is 23.1. The predicted octanol–water partition coefficient (Wildman–Crippen LogP) is 1.89. The molecule has 8 nitrogen and oxygen atoms in total. The minimum Gasteiger partial charge on any atom is -0.396 e. The number of aromatic nitrogens is 5. The first-order valence-electron chi connectivity index (χ1n) is 11.1. The summed E-state index contributed by atoms with van der Waals surface area (Å²) >= 11 is 0. The second-order valence-corrected chi connectivity index (χ2v) is 9.34. The first-order valence-corrected chi connectivity index (χ1v) is 11.1. The molecule has 0 amide bonds. The fraction of sp³-hybridized carbons (Fsp3) is 0.565. The van der Waals surface area contributed by atoms with Gasteiger partial charge in [0.2, 0.25) is 5.82 Å². The molecule has 3 N–H and O–H groups in total. The molecule has 3 rings (SSSR count). The van der Waals surface area contributed by atoms with Crippen LogP contribution in [0.4, 0.5) is 0 Å². The number of fused-ring (bicyclic) bond motifs is 1. The van der Waals surface area contributed by atoms with Gasteiger partial charge >= 0.3 is 0 Å². The molecule has 2 heterocycles. The first-order chi connectivity index (χ1) is 14.7. The minimum atomic E-state index is -0.245. The Balaban J connectivity index is 2.02. The van der Waals surface area contributed by atoms with Crippen LogP contribution < -0.4 is 10.5 Å². The predicted molar refractivity (Wildman–Crippen MR) is 121 cm³/mol. The summed E-state index contributed by atoms with van der Waals surface area (Å²) in [6, 6.07) is 8.06. The van der Waals surface area contributed by atoms with E-state index in [1.54, 1.807) is 0 Å². The number of aliphatic hydroxyl groups is 1. The van der Waals surface area contributed by atoms with E-state index in [0.29, 0.717) is 13.0 Å². The van der Waals surface area contributed by atoms with E-state index in [1.807, 2.05) is 29.8 Å². The highest BCUT2D eigenvalue weighted by Crippen LogP contribution is 2.20. The van der Waals surface area contributed by atoms with Crippen LogP contribution in [0.5, 0.6) is 0 Å². The molecule has 0 aliphatic heterocycles. The zero-order chi connectivity index (χ0) is 22.6. The molecule has 2 aromatic heterocycles. The topological polar surface area (TPSA) is 101 Å². The van der Waals surface area contributed by atoms with E-state index in [0.717, 1.165) is 47.2 Å². The van der Waals surface area contributed by atoms with Crippen molar-refractivity contribution in [2.75, 3.05) is 13.2 Å². The third-order valence-corrected chi connectivity index (χ3v) is 5.66. The normalized spacial score (nSPS) is 14.1. The quantitative estimate of drug-likeness (QED) is 0.484. The van der Waals surface area contributed by atoms with Gasteiger partial charge in [0.15, 0.2) is 0 Å². The van der Waals surface area contributed by atoms with Crippen molar-refractivity contribution in [2.45, 2.75) is 72.0 Å². The van der Waals surface area contributed by atoms with E-state index in [-0.39, 0.29) is 23.7 Å². The maximum absolute atomic E-state index is 12.9. The Labute approximate surface area is 183 Å². The molecule has 168 valence electrons. The average Bonchev–Trinajstić information content (AvgIpc) is 3.20. The monoisotopic (exact) mass is 427 g/mol. The van der Waals surface area contributed by atoms with Crippen LogP contribution in [-0.2, 0) is 12.1 Å². The van der Waals surface area contributed by atoms with Crippen molar-refractivity contribution in [3.63, 3.8) is 0 Å². The number of tetrazole rings is 1. The van der Waals surface area contributed by atoms with Crippen LogP contribution in [-0.4, -0.2) is 43.4 Å². The van der Waals surface area contributed by atoms with Crippen molar-refractivity contribution < 1.29 is 10.0 Å². The Hall–Kier alpha value is -2.58. The van der Waals surface area contributed by atoms with Gasteiger partial charge in [0, 0.05) is 25.0 Å². The molecule has 8 heteroatoms. The summed E-state index contributed by atoms with van der Waals surface area (Å²) in [5.74, 6) is 0.829. The third-order valence-electron chi connectivity index (χ3n) is 5.66. The Morgan fingerprint density at radius 3 is 2.71 bits per heavy atom. The van der Waals surface area contributed by atoms with Crippen molar-refractivity contribution in [1.82, 2.24) is 25.2 Å². The standard InChI is InChI=1S/C23H34N6O2/c1-6-8-20(21-25-26-27-29(21)23(3,4)5)28(11-7-12-30)15-18-14-17-13-16(2)9-10-19(17)24-22(18)31/h9-10,13-14,20,30H,6-8,11-12,15H2,1-5H3,(H,24,31)/p+1/t20-/m0/s1. The van der Waals surface area contributed by atoms with Crippen LogP contribution >= 0.6 is 0 Å². The molecule has 2 atom stereocenters. The maximum Gasteiger partial charge on any atom is 0.257 e. The zero-order valence-electron chi connectivity index (χ0n) is 19.3. The number of aliphatic hydroxyl groups excluding tert-OH is 1. The second-order valence-electron chi connectivity index (χ2n) is 9.34. The number of aromatic amines is 1. The lowest BCUT2D eigenvalue weighted by molar-refractivity contribution is -0.946. The molecule has 0 spiro atoms. The lowest BCUT2D eigenvalue weighted by Gasteiger charge is -2.30. The molecular weight excluding hydrogens is 392 g/mol. The summed E-state index contributed by atoms with van der Waals surface area (Å²) in [4.78, 5) is 17.1. The van der Waals surface area contributed by atoms with Crippen LogP contribution in [0.1, 0.15) is 70.0 Å². The maximum atomic E-state index is 12.9. The van der Waals surface area contributed by atoms with Gasteiger partial charge in [0.05, 0.1) is 17.6 Å². The third kappa shape index (κ3) is 5.37. The summed E-state index contributed by atoms with van der Waals surface area (Å²) in [7, 11) is 0. The van der Waals surface area contributed by atoms with Crippen molar-refractivity contribution in [3.05, 3.63) is 51.6 Å². The van der Waals surface area contributed by atoms with Gasteiger partial charge in [-0.2, -0.15) is 0 Å². The lowest BCUT2D eigenvalue weighted by atomic mass is 10.0. The van der Waals surface area contributed by atoms with Gasteiger partial charge in [-0.25, -0.2) is 4.68 Å². The molecule has 1 aromatic carbocycles. The van der Waals surface area contributed by atoms with Gasteiger partial charge in [0.25, 0.3) is 5.56 Å². The Morgan fingerprint density at radius 1 is 1.26 bits per heavy atom. The average molecular weight is 428 g/mol. The van der Waals surface area contributed by atoms with Gasteiger partial charge in [-0.05, 0) is 61.7 Å². The smallest absolute Gasteiger partial charge is 0.257 e. The van der Waals surface area contributed by atoms with Gasteiger partial charge < -0.3 is 15.0 Å². The van der Waals surface area contributed by atoms with Crippen LogP contribution in [0.3, 0.4) is 0 Å². The number of aryl methyl sites for hydroxylation is 1. The molecule has 31 heavy (non-hydrogen) atoms. The highest BCUT2D eigenvalue weighted by molar-refractivity contribution is 5.79. The highest BCUT2D eigenvalue weighted by Gasteiger charge is 2.32. The number of hydrogen-bond donors (Lipinski definition) is 3. The number of quaternary nitrogens is 1. The van der Waals surface area contributed by atoms with Crippen molar-refractivity contribution >= 4 is 10.9 Å². The number of nitrogens with one attached hydrogen (secondary N) is 2. The molecule has 3 aromatic rings. The summed E-state index contributed by atoms with van der Waals surface area (Å²) in [6.07, 6.45) is 2.51. The van der Waals surface area contributed by atoms with E-state index >= 15 is 0 Å². The summed E-state index contributed by atoms with van der Waals surface area (Å²) < 4.78 is 1.89.